The smallest absolute Gasteiger partial charge is 0.251 e. The zero-order valence-electron chi connectivity index (χ0n) is 31.4. The molecule has 3 N–H and O–H groups in total. The van der Waals surface area contributed by atoms with Crippen molar-refractivity contribution >= 4 is 22.6 Å². The third-order valence-corrected chi connectivity index (χ3v) is 15.3. The van der Waals surface area contributed by atoms with Crippen LogP contribution in [0.4, 0.5) is 0 Å². The van der Waals surface area contributed by atoms with Gasteiger partial charge < -0.3 is 20.4 Å². The van der Waals surface area contributed by atoms with Gasteiger partial charge in [-0.3, -0.25) is 14.5 Å². The van der Waals surface area contributed by atoms with Gasteiger partial charge in [0.25, 0.3) is 5.91 Å². The maximum atomic E-state index is 14.2. The van der Waals surface area contributed by atoms with E-state index in [0.717, 1.165) is 54.6 Å². The number of nitrogens with zero attached hydrogens (tertiary/aromatic N) is 2. The second kappa shape index (κ2) is 14.2. The first-order valence-corrected chi connectivity index (χ1v) is 20.3. The number of amides is 2. The molecule has 11 atom stereocenters. The molecule has 52 heavy (non-hydrogen) atoms. The van der Waals surface area contributed by atoms with Crippen molar-refractivity contribution in [1.82, 2.24) is 15.1 Å². The molecular weight excluding hydrogens is 647 g/mol. The molecule has 0 bridgehead atoms. The molecule has 8 rings (SSSR count). The SMILES string of the molecule is C[C@@H](O)[C@H]1CC[C@H]2[C@@H]3CC[C@H]4C[C@H](O)[C@@H](N5CCN(C(=O)[C@H](Cc6ccccc6)NC(=O)c6ccc7ccccc7c6)CC5)C[C@]4(C)[C@H]3CC[C@]12C. The minimum Gasteiger partial charge on any atom is -0.393 e. The van der Waals surface area contributed by atoms with Crippen LogP contribution in [0.5, 0.6) is 0 Å². The summed E-state index contributed by atoms with van der Waals surface area (Å²) < 4.78 is 0. The molecule has 278 valence electrons. The average Bonchev–Trinajstić information content (AvgIpc) is 3.52. The second-order valence-electron chi connectivity index (χ2n) is 17.8. The molecule has 0 aromatic heterocycles. The molecule has 7 heteroatoms. The number of rotatable bonds is 7. The molecule has 7 nitrogen and oxygen atoms in total. The number of nitrogens with one attached hydrogen (secondary N) is 1. The number of carbonyl (C=O) groups excluding carboxylic acids is 2. The van der Waals surface area contributed by atoms with E-state index >= 15 is 0 Å². The van der Waals surface area contributed by atoms with Crippen LogP contribution in [-0.4, -0.2) is 82.3 Å². The summed E-state index contributed by atoms with van der Waals surface area (Å²) in [7, 11) is 0. The summed E-state index contributed by atoms with van der Waals surface area (Å²) in [4.78, 5) is 32.3. The molecule has 3 aromatic rings. The Balaban J connectivity index is 0.944. The van der Waals surface area contributed by atoms with Crippen LogP contribution in [0.3, 0.4) is 0 Å². The fourth-order valence-electron chi connectivity index (χ4n) is 12.6. The molecule has 4 aliphatic carbocycles. The van der Waals surface area contributed by atoms with Crippen LogP contribution in [0.15, 0.2) is 72.8 Å². The lowest BCUT2D eigenvalue weighted by atomic mass is 9.44. The average molecular weight is 706 g/mol. The van der Waals surface area contributed by atoms with E-state index in [1.54, 1.807) is 0 Å². The largest absolute Gasteiger partial charge is 0.393 e. The quantitative estimate of drug-likeness (QED) is 0.255. The van der Waals surface area contributed by atoms with E-state index in [1.807, 2.05) is 84.6 Å². The van der Waals surface area contributed by atoms with E-state index in [2.05, 4.69) is 24.1 Å². The molecule has 3 aromatic carbocycles. The van der Waals surface area contributed by atoms with Crippen molar-refractivity contribution in [3.8, 4) is 0 Å². The highest BCUT2D eigenvalue weighted by atomic mass is 16.3. The van der Waals surface area contributed by atoms with Crippen molar-refractivity contribution in [1.29, 1.82) is 0 Å². The van der Waals surface area contributed by atoms with Gasteiger partial charge in [0.05, 0.1) is 12.2 Å². The first-order chi connectivity index (χ1) is 25.0. The summed E-state index contributed by atoms with van der Waals surface area (Å²) >= 11 is 0. The third kappa shape index (κ3) is 6.39. The van der Waals surface area contributed by atoms with E-state index in [-0.39, 0.29) is 40.9 Å². The Morgan fingerprint density at radius 1 is 0.846 bits per heavy atom. The number of carbonyl (C=O) groups is 2. The maximum absolute atomic E-state index is 14.2. The van der Waals surface area contributed by atoms with Crippen LogP contribution in [0, 0.1) is 40.4 Å². The molecule has 0 unspecified atom stereocenters. The van der Waals surface area contributed by atoms with Gasteiger partial charge in [0, 0.05) is 44.2 Å². The summed E-state index contributed by atoms with van der Waals surface area (Å²) in [5.74, 6) is 2.81. The standard InChI is InChI=1S/C45H59N3O4/c1-29(49)36-17-18-37-35-16-15-34-27-41(50)40(28-45(34,3)38(35)19-20-44(36,37)2)47-21-23-48(24-22-47)43(52)39(25-30-9-5-4-6-10-30)46-42(51)33-14-13-31-11-7-8-12-32(31)26-33/h4-14,26,29,34-41,49-50H,15-25,27-28H2,1-3H3,(H,46,51)/t29-,34+,35+,36-,37+,38+,39+,40+,41+,44-,45+/m1/s1. The number of aliphatic hydroxyl groups excluding tert-OH is 2. The van der Waals surface area contributed by atoms with Crippen molar-refractivity contribution < 1.29 is 19.8 Å². The zero-order chi connectivity index (χ0) is 36.2. The molecule has 5 aliphatic rings. The summed E-state index contributed by atoms with van der Waals surface area (Å²) in [6.45, 7) is 9.70. The predicted octanol–water partition coefficient (Wildman–Crippen LogP) is 6.70. The van der Waals surface area contributed by atoms with Crippen LogP contribution < -0.4 is 5.32 Å². The summed E-state index contributed by atoms with van der Waals surface area (Å²) in [5, 5.41) is 27.5. The Hall–Kier alpha value is -3.26. The number of piperazine rings is 1. The summed E-state index contributed by atoms with van der Waals surface area (Å²) in [5.41, 5.74) is 2.02. The fraction of sp³-hybridized carbons (Fsp3) is 0.600. The third-order valence-electron chi connectivity index (χ3n) is 15.3. The highest BCUT2D eigenvalue weighted by molar-refractivity contribution is 6.00. The lowest BCUT2D eigenvalue weighted by molar-refractivity contribution is -0.156. The number of hydrogen-bond acceptors (Lipinski definition) is 5. The van der Waals surface area contributed by atoms with Gasteiger partial charge in [-0.05, 0) is 127 Å². The van der Waals surface area contributed by atoms with Crippen molar-refractivity contribution in [3.05, 3.63) is 83.9 Å². The Morgan fingerprint density at radius 2 is 1.56 bits per heavy atom. The summed E-state index contributed by atoms with van der Waals surface area (Å²) in [6.07, 6.45) is 9.12. The molecule has 2 amide bonds. The van der Waals surface area contributed by atoms with Crippen LogP contribution in [0.2, 0.25) is 0 Å². The van der Waals surface area contributed by atoms with Gasteiger partial charge in [-0.1, -0.05) is 74.5 Å². The number of aliphatic hydroxyl groups is 2. The maximum Gasteiger partial charge on any atom is 0.251 e. The lowest BCUT2D eigenvalue weighted by Crippen LogP contribution is -2.63. The van der Waals surface area contributed by atoms with Crippen molar-refractivity contribution in [2.24, 2.45) is 40.4 Å². The van der Waals surface area contributed by atoms with E-state index in [4.69, 9.17) is 0 Å². The minimum absolute atomic E-state index is 0.0405. The Morgan fingerprint density at radius 3 is 2.31 bits per heavy atom. The van der Waals surface area contributed by atoms with Crippen molar-refractivity contribution in [2.45, 2.75) is 103 Å². The topological polar surface area (TPSA) is 93.1 Å². The van der Waals surface area contributed by atoms with Crippen molar-refractivity contribution in [3.63, 3.8) is 0 Å². The van der Waals surface area contributed by atoms with E-state index in [9.17, 15) is 19.8 Å². The Bertz CT molecular complexity index is 1760. The van der Waals surface area contributed by atoms with Gasteiger partial charge in [0.15, 0.2) is 0 Å². The first-order valence-electron chi connectivity index (χ1n) is 20.3. The lowest BCUT2D eigenvalue weighted by Gasteiger charge is -2.63. The molecular formula is C45H59N3O4. The van der Waals surface area contributed by atoms with Gasteiger partial charge in [-0.2, -0.15) is 0 Å². The molecule has 1 aliphatic heterocycles. The second-order valence-corrected chi connectivity index (χ2v) is 17.8. The predicted molar refractivity (Wildman–Crippen MR) is 206 cm³/mol. The van der Waals surface area contributed by atoms with Gasteiger partial charge in [-0.25, -0.2) is 0 Å². The number of benzene rings is 3. The number of fused-ring (bicyclic) bond motifs is 6. The Labute approximate surface area is 310 Å². The van der Waals surface area contributed by atoms with Crippen LogP contribution in [0.1, 0.15) is 88.1 Å². The van der Waals surface area contributed by atoms with Crippen LogP contribution in [0.25, 0.3) is 10.8 Å². The molecule has 1 saturated heterocycles. The van der Waals surface area contributed by atoms with Gasteiger partial charge in [0.1, 0.15) is 6.04 Å². The molecule has 1 heterocycles. The molecule has 0 radical (unpaired) electrons. The fourth-order valence-corrected chi connectivity index (χ4v) is 12.6. The van der Waals surface area contributed by atoms with Crippen LogP contribution >= 0.6 is 0 Å². The normalized spacial score (nSPS) is 35.9. The molecule has 5 fully saturated rings. The van der Waals surface area contributed by atoms with Crippen LogP contribution in [-0.2, 0) is 11.2 Å². The van der Waals surface area contributed by atoms with E-state index < -0.39 is 6.04 Å². The molecule has 0 spiro atoms. The minimum atomic E-state index is -0.673. The van der Waals surface area contributed by atoms with Crippen molar-refractivity contribution in [2.75, 3.05) is 26.2 Å². The first kappa shape index (κ1) is 35.8. The highest BCUT2D eigenvalue weighted by Crippen LogP contribution is 2.68. The molecule has 4 saturated carbocycles. The van der Waals surface area contributed by atoms with Gasteiger partial charge in [0.2, 0.25) is 5.91 Å². The highest BCUT2D eigenvalue weighted by Gasteiger charge is 2.62. The van der Waals surface area contributed by atoms with Gasteiger partial charge >= 0.3 is 0 Å². The summed E-state index contributed by atoms with van der Waals surface area (Å²) in [6, 6.07) is 23.1. The zero-order valence-corrected chi connectivity index (χ0v) is 31.4. The Kier molecular flexibility index (Phi) is 9.75. The van der Waals surface area contributed by atoms with E-state index in [0.29, 0.717) is 48.7 Å². The number of hydrogen-bond donors (Lipinski definition) is 3. The van der Waals surface area contributed by atoms with E-state index in [1.165, 1.54) is 32.1 Å². The van der Waals surface area contributed by atoms with Gasteiger partial charge in [-0.15, -0.1) is 0 Å². The monoisotopic (exact) mass is 705 g/mol.